The highest BCUT2D eigenvalue weighted by molar-refractivity contribution is 5.97. The summed E-state index contributed by atoms with van der Waals surface area (Å²) in [5.74, 6) is -0.943. The molecule has 0 saturated heterocycles. The second-order valence-corrected chi connectivity index (χ2v) is 5.76. The summed E-state index contributed by atoms with van der Waals surface area (Å²) in [5, 5.41) is 9.17. The van der Waals surface area contributed by atoms with E-state index in [-0.39, 0.29) is 17.9 Å². The van der Waals surface area contributed by atoms with Gasteiger partial charge in [-0.3, -0.25) is 9.59 Å². The standard InChI is InChI=1S/C16H19NO3/c18-15-14-7-2-1-4-11(14)8-9-17(15)13-6-3-5-12(10-13)16(19)20/h1-2,4,7,12-13H,3,5-6,8-10H2,(H,19,20). The molecule has 4 nitrogen and oxygen atoms in total. The van der Waals surface area contributed by atoms with Crippen LogP contribution in [0.15, 0.2) is 24.3 Å². The van der Waals surface area contributed by atoms with E-state index in [0.29, 0.717) is 13.0 Å². The van der Waals surface area contributed by atoms with Crippen LogP contribution in [0, 0.1) is 5.92 Å². The quantitative estimate of drug-likeness (QED) is 0.899. The summed E-state index contributed by atoms with van der Waals surface area (Å²) in [5.41, 5.74) is 1.90. The molecule has 0 spiro atoms. The van der Waals surface area contributed by atoms with E-state index in [1.165, 1.54) is 0 Å². The first-order valence-corrected chi connectivity index (χ1v) is 7.28. The summed E-state index contributed by atoms with van der Waals surface area (Å²) >= 11 is 0. The molecule has 4 heteroatoms. The Morgan fingerprint density at radius 1 is 1.25 bits per heavy atom. The molecule has 1 aliphatic heterocycles. The number of carboxylic acids is 1. The SMILES string of the molecule is O=C(O)C1CCCC(N2CCc3ccccc3C2=O)C1. The second-order valence-electron chi connectivity index (χ2n) is 5.76. The average molecular weight is 273 g/mol. The Morgan fingerprint density at radius 3 is 2.85 bits per heavy atom. The fourth-order valence-electron chi connectivity index (χ4n) is 3.46. The summed E-state index contributed by atoms with van der Waals surface area (Å²) < 4.78 is 0. The lowest BCUT2D eigenvalue weighted by atomic mass is 9.84. The minimum Gasteiger partial charge on any atom is -0.481 e. The lowest BCUT2D eigenvalue weighted by Gasteiger charge is -2.39. The number of carboxylic acid groups (broad SMARTS) is 1. The largest absolute Gasteiger partial charge is 0.481 e. The van der Waals surface area contributed by atoms with E-state index in [4.69, 9.17) is 0 Å². The highest BCUT2D eigenvalue weighted by Gasteiger charge is 2.35. The molecular formula is C16H19NO3. The fourth-order valence-corrected chi connectivity index (χ4v) is 3.46. The Kier molecular flexibility index (Phi) is 3.47. The minimum absolute atomic E-state index is 0.0721. The highest BCUT2D eigenvalue weighted by atomic mass is 16.4. The molecule has 1 aromatic rings. The number of fused-ring (bicyclic) bond motifs is 1. The van der Waals surface area contributed by atoms with Gasteiger partial charge in [-0.15, -0.1) is 0 Å². The third-order valence-corrected chi connectivity index (χ3v) is 4.57. The predicted octanol–water partition coefficient (Wildman–Crippen LogP) is 2.33. The topological polar surface area (TPSA) is 57.6 Å². The fraction of sp³-hybridized carbons (Fsp3) is 0.500. The normalized spacial score (nSPS) is 26.2. The number of rotatable bonds is 2. The maximum absolute atomic E-state index is 12.6. The van der Waals surface area contributed by atoms with Gasteiger partial charge < -0.3 is 10.0 Å². The van der Waals surface area contributed by atoms with Crippen molar-refractivity contribution in [3.63, 3.8) is 0 Å². The van der Waals surface area contributed by atoms with Crippen molar-refractivity contribution in [2.45, 2.75) is 38.1 Å². The van der Waals surface area contributed by atoms with E-state index in [0.717, 1.165) is 36.8 Å². The van der Waals surface area contributed by atoms with Crippen molar-refractivity contribution in [1.82, 2.24) is 4.90 Å². The Bertz CT molecular complexity index is 540. The van der Waals surface area contributed by atoms with Crippen LogP contribution in [0.2, 0.25) is 0 Å². The summed E-state index contributed by atoms with van der Waals surface area (Å²) in [4.78, 5) is 25.6. The van der Waals surface area contributed by atoms with E-state index in [2.05, 4.69) is 0 Å². The molecule has 2 unspecified atom stereocenters. The third-order valence-electron chi connectivity index (χ3n) is 4.57. The molecule has 2 atom stereocenters. The van der Waals surface area contributed by atoms with Gasteiger partial charge in [0, 0.05) is 18.2 Å². The van der Waals surface area contributed by atoms with Gasteiger partial charge in [-0.25, -0.2) is 0 Å². The van der Waals surface area contributed by atoms with Gasteiger partial charge in [0.15, 0.2) is 0 Å². The molecule has 1 aromatic carbocycles. The molecule has 0 bridgehead atoms. The first-order valence-electron chi connectivity index (χ1n) is 7.28. The van der Waals surface area contributed by atoms with Crippen LogP contribution in [0.1, 0.15) is 41.6 Å². The summed E-state index contributed by atoms with van der Waals surface area (Å²) in [6.45, 7) is 0.715. The summed E-state index contributed by atoms with van der Waals surface area (Å²) in [6, 6.07) is 7.82. The molecule has 2 aliphatic rings. The molecule has 1 aliphatic carbocycles. The zero-order chi connectivity index (χ0) is 14.1. The van der Waals surface area contributed by atoms with E-state index >= 15 is 0 Å². The number of amides is 1. The molecular weight excluding hydrogens is 254 g/mol. The van der Waals surface area contributed by atoms with Gasteiger partial charge in [-0.05, 0) is 37.3 Å². The molecule has 3 rings (SSSR count). The molecule has 106 valence electrons. The third kappa shape index (κ3) is 2.30. The van der Waals surface area contributed by atoms with E-state index < -0.39 is 5.97 Å². The van der Waals surface area contributed by atoms with E-state index in [9.17, 15) is 14.7 Å². The zero-order valence-electron chi connectivity index (χ0n) is 11.4. The highest BCUT2D eigenvalue weighted by Crippen LogP contribution is 2.31. The maximum Gasteiger partial charge on any atom is 0.306 e. The van der Waals surface area contributed by atoms with Crippen LogP contribution in [0.4, 0.5) is 0 Å². The first-order chi connectivity index (χ1) is 9.66. The monoisotopic (exact) mass is 273 g/mol. The van der Waals surface area contributed by atoms with Gasteiger partial charge >= 0.3 is 5.97 Å². The number of aliphatic carboxylic acids is 1. The second kappa shape index (κ2) is 5.27. The van der Waals surface area contributed by atoms with E-state index in [1.54, 1.807) is 0 Å². The van der Waals surface area contributed by atoms with Crippen molar-refractivity contribution in [3.05, 3.63) is 35.4 Å². The summed E-state index contributed by atoms with van der Waals surface area (Å²) in [6.07, 6.45) is 4.04. The van der Waals surface area contributed by atoms with Crippen LogP contribution < -0.4 is 0 Å². The molecule has 1 amide bonds. The lowest BCUT2D eigenvalue weighted by molar-refractivity contribution is -0.143. The van der Waals surface area contributed by atoms with Crippen LogP contribution in [0.25, 0.3) is 0 Å². The average Bonchev–Trinajstić information content (AvgIpc) is 2.48. The van der Waals surface area contributed by atoms with Crippen LogP contribution >= 0.6 is 0 Å². The van der Waals surface area contributed by atoms with Crippen LogP contribution in [-0.2, 0) is 11.2 Å². The number of carbonyl (C=O) groups excluding carboxylic acids is 1. The smallest absolute Gasteiger partial charge is 0.306 e. The molecule has 1 heterocycles. The Morgan fingerprint density at radius 2 is 2.05 bits per heavy atom. The Labute approximate surface area is 118 Å². The van der Waals surface area contributed by atoms with Crippen molar-refractivity contribution in [2.24, 2.45) is 5.92 Å². The predicted molar refractivity (Wildman–Crippen MR) is 74.6 cm³/mol. The number of hydrogen-bond donors (Lipinski definition) is 1. The molecule has 1 saturated carbocycles. The Hall–Kier alpha value is -1.84. The van der Waals surface area contributed by atoms with Crippen molar-refractivity contribution in [3.8, 4) is 0 Å². The van der Waals surface area contributed by atoms with Crippen molar-refractivity contribution in [1.29, 1.82) is 0 Å². The van der Waals surface area contributed by atoms with Crippen molar-refractivity contribution in [2.75, 3.05) is 6.54 Å². The van der Waals surface area contributed by atoms with Crippen LogP contribution in [0.3, 0.4) is 0 Å². The number of carbonyl (C=O) groups is 2. The van der Waals surface area contributed by atoms with Gasteiger partial charge in [0.25, 0.3) is 5.91 Å². The number of benzene rings is 1. The minimum atomic E-state index is -0.723. The van der Waals surface area contributed by atoms with Gasteiger partial charge in [-0.2, -0.15) is 0 Å². The van der Waals surface area contributed by atoms with Gasteiger partial charge in [-0.1, -0.05) is 24.6 Å². The number of hydrogen-bond acceptors (Lipinski definition) is 2. The van der Waals surface area contributed by atoms with E-state index in [1.807, 2.05) is 29.2 Å². The molecule has 1 fully saturated rings. The van der Waals surface area contributed by atoms with Crippen LogP contribution in [-0.4, -0.2) is 34.5 Å². The molecule has 20 heavy (non-hydrogen) atoms. The molecule has 1 N–H and O–H groups in total. The maximum atomic E-state index is 12.6. The van der Waals surface area contributed by atoms with Crippen LogP contribution in [0.5, 0.6) is 0 Å². The Balaban J connectivity index is 1.79. The summed E-state index contributed by atoms with van der Waals surface area (Å²) in [7, 11) is 0. The van der Waals surface area contributed by atoms with Crippen molar-refractivity contribution >= 4 is 11.9 Å². The zero-order valence-corrected chi connectivity index (χ0v) is 11.4. The first kappa shape index (κ1) is 13.2. The van der Waals surface area contributed by atoms with Crippen molar-refractivity contribution < 1.29 is 14.7 Å². The molecule has 0 aromatic heterocycles. The molecule has 0 radical (unpaired) electrons. The van der Waals surface area contributed by atoms with Gasteiger partial charge in [0.2, 0.25) is 0 Å². The lowest BCUT2D eigenvalue weighted by Crippen LogP contribution is -2.47. The van der Waals surface area contributed by atoms with Gasteiger partial charge in [0.1, 0.15) is 0 Å². The van der Waals surface area contributed by atoms with Gasteiger partial charge in [0.05, 0.1) is 5.92 Å². The number of nitrogens with zero attached hydrogens (tertiary/aromatic N) is 1.